The minimum absolute atomic E-state index is 1.17. The lowest BCUT2D eigenvalue weighted by Crippen LogP contribution is -1.97. The molecule has 2 aromatic heterocycles. The van der Waals surface area contributed by atoms with Crippen LogP contribution in [0.15, 0.2) is 182 Å². The quantitative estimate of drug-likeness (QED) is 0.183. The lowest BCUT2D eigenvalue weighted by atomic mass is 9.98. The molecule has 11 rings (SSSR count). The molecular weight excluding hydrogens is 605 g/mol. The van der Waals surface area contributed by atoms with Gasteiger partial charge in [-0.05, 0) is 92.7 Å². The number of rotatable bonds is 3. The first-order chi connectivity index (χ1) is 24.8. The van der Waals surface area contributed by atoms with E-state index in [1.807, 2.05) is 0 Å². The second-order valence-electron chi connectivity index (χ2n) is 13.3. The molecule has 0 bridgehead atoms. The van der Waals surface area contributed by atoms with Gasteiger partial charge >= 0.3 is 0 Å². The van der Waals surface area contributed by atoms with Crippen molar-refractivity contribution in [2.45, 2.75) is 0 Å². The summed E-state index contributed by atoms with van der Waals surface area (Å²) in [6.07, 6.45) is 0. The Bertz CT molecular complexity index is 3050. The van der Waals surface area contributed by atoms with Crippen molar-refractivity contribution in [3.8, 4) is 22.5 Å². The maximum absolute atomic E-state index is 2.51. The Labute approximate surface area is 288 Å². The molecule has 0 spiro atoms. The van der Waals surface area contributed by atoms with E-state index in [9.17, 15) is 0 Å². The molecule has 11 aromatic rings. The van der Waals surface area contributed by atoms with E-state index >= 15 is 0 Å². The summed E-state index contributed by atoms with van der Waals surface area (Å²) < 4.78 is 4.89. The van der Waals surface area contributed by atoms with Gasteiger partial charge in [0, 0.05) is 32.6 Å². The predicted molar refractivity (Wildman–Crippen MR) is 213 cm³/mol. The van der Waals surface area contributed by atoms with Crippen molar-refractivity contribution >= 4 is 75.9 Å². The van der Waals surface area contributed by atoms with Gasteiger partial charge in [0.2, 0.25) is 0 Å². The van der Waals surface area contributed by atoms with E-state index in [0.717, 1.165) is 0 Å². The molecule has 0 radical (unpaired) electrons. The van der Waals surface area contributed by atoms with E-state index in [4.69, 9.17) is 0 Å². The van der Waals surface area contributed by atoms with E-state index in [0.29, 0.717) is 0 Å². The zero-order valence-electron chi connectivity index (χ0n) is 27.2. The second-order valence-corrected chi connectivity index (χ2v) is 13.3. The Balaban J connectivity index is 1.23. The molecular formula is C48H30N2. The molecule has 9 aromatic carbocycles. The van der Waals surface area contributed by atoms with Gasteiger partial charge in [-0.3, -0.25) is 0 Å². The molecule has 0 amide bonds. The van der Waals surface area contributed by atoms with Crippen LogP contribution in [0.1, 0.15) is 0 Å². The number of benzene rings is 9. The average Bonchev–Trinajstić information content (AvgIpc) is 3.71. The Morgan fingerprint density at radius 3 is 1.52 bits per heavy atom. The minimum atomic E-state index is 1.17. The van der Waals surface area contributed by atoms with Crippen LogP contribution in [-0.4, -0.2) is 9.13 Å². The van der Waals surface area contributed by atoms with Gasteiger partial charge in [-0.1, -0.05) is 127 Å². The van der Waals surface area contributed by atoms with Crippen LogP contribution in [0.2, 0.25) is 0 Å². The monoisotopic (exact) mass is 634 g/mol. The molecule has 0 saturated carbocycles. The molecule has 0 saturated heterocycles. The Morgan fingerprint density at radius 1 is 0.280 bits per heavy atom. The van der Waals surface area contributed by atoms with Gasteiger partial charge in [-0.15, -0.1) is 0 Å². The van der Waals surface area contributed by atoms with Crippen LogP contribution in [0, 0.1) is 0 Å². The summed E-state index contributed by atoms with van der Waals surface area (Å²) in [6, 6.07) is 66.8. The van der Waals surface area contributed by atoms with Crippen molar-refractivity contribution in [3.05, 3.63) is 182 Å². The van der Waals surface area contributed by atoms with Crippen molar-refractivity contribution in [3.63, 3.8) is 0 Å². The minimum Gasteiger partial charge on any atom is -0.309 e. The highest BCUT2D eigenvalue weighted by Crippen LogP contribution is 2.43. The van der Waals surface area contributed by atoms with Crippen molar-refractivity contribution in [1.82, 2.24) is 9.13 Å². The van der Waals surface area contributed by atoms with Gasteiger partial charge in [-0.25, -0.2) is 0 Å². The summed E-state index contributed by atoms with van der Waals surface area (Å²) in [5.41, 5.74) is 9.64. The van der Waals surface area contributed by atoms with Gasteiger partial charge in [0.05, 0.1) is 27.8 Å². The van der Waals surface area contributed by atoms with Crippen molar-refractivity contribution < 1.29 is 0 Å². The fraction of sp³-hybridized carbons (Fsp3) is 0. The topological polar surface area (TPSA) is 9.86 Å². The summed E-state index contributed by atoms with van der Waals surface area (Å²) in [5, 5.41) is 12.7. The summed E-state index contributed by atoms with van der Waals surface area (Å²) in [7, 11) is 0. The molecule has 232 valence electrons. The number of para-hydroxylation sites is 2. The first kappa shape index (κ1) is 27.3. The highest BCUT2D eigenvalue weighted by Gasteiger charge is 2.20. The zero-order chi connectivity index (χ0) is 32.8. The van der Waals surface area contributed by atoms with Crippen molar-refractivity contribution in [2.75, 3.05) is 0 Å². The van der Waals surface area contributed by atoms with Gasteiger partial charge in [0.25, 0.3) is 0 Å². The molecule has 0 aliphatic carbocycles. The number of hydrogen-bond acceptors (Lipinski definition) is 0. The van der Waals surface area contributed by atoms with Crippen LogP contribution >= 0.6 is 0 Å². The molecule has 0 unspecified atom stereocenters. The SMILES string of the molecule is c1ccc(-n2c3ccccc3c3cc(-c4cc(-n5c6ccc7ccccc7c6c6c7ccccc7ccc65)c5ccccc5c4)ccc32)cc1. The maximum Gasteiger partial charge on any atom is 0.0548 e. The van der Waals surface area contributed by atoms with E-state index in [-0.39, 0.29) is 0 Å². The van der Waals surface area contributed by atoms with E-state index in [2.05, 4.69) is 191 Å². The largest absolute Gasteiger partial charge is 0.309 e. The van der Waals surface area contributed by atoms with Crippen LogP contribution in [0.4, 0.5) is 0 Å². The lowest BCUT2D eigenvalue weighted by molar-refractivity contribution is 1.18. The molecule has 0 aliphatic heterocycles. The zero-order valence-corrected chi connectivity index (χ0v) is 27.2. The second kappa shape index (κ2) is 10.4. The normalized spacial score (nSPS) is 12.0. The summed E-state index contributed by atoms with van der Waals surface area (Å²) in [4.78, 5) is 0. The Hall–Kier alpha value is -6.64. The fourth-order valence-electron chi connectivity index (χ4n) is 8.46. The van der Waals surface area contributed by atoms with Crippen LogP contribution in [0.5, 0.6) is 0 Å². The van der Waals surface area contributed by atoms with Gasteiger partial charge in [0.15, 0.2) is 0 Å². The summed E-state index contributed by atoms with van der Waals surface area (Å²) >= 11 is 0. The third-order valence-electron chi connectivity index (χ3n) is 10.6. The van der Waals surface area contributed by atoms with Crippen LogP contribution in [-0.2, 0) is 0 Å². The molecule has 2 heteroatoms. The fourth-order valence-corrected chi connectivity index (χ4v) is 8.46. The number of fused-ring (bicyclic) bond motifs is 11. The Kier molecular flexibility index (Phi) is 5.70. The van der Waals surface area contributed by atoms with Gasteiger partial charge < -0.3 is 9.13 Å². The van der Waals surface area contributed by atoms with Crippen LogP contribution in [0.25, 0.3) is 98.4 Å². The number of hydrogen-bond donors (Lipinski definition) is 0. The molecule has 0 atom stereocenters. The molecule has 0 aliphatic rings. The third kappa shape index (κ3) is 3.85. The van der Waals surface area contributed by atoms with Gasteiger partial charge in [-0.2, -0.15) is 0 Å². The third-order valence-corrected chi connectivity index (χ3v) is 10.6. The highest BCUT2D eigenvalue weighted by molar-refractivity contribution is 6.29. The highest BCUT2D eigenvalue weighted by atomic mass is 15.0. The maximum atomic E-state index is 2.51. The van der Waals surface area contributed by atoms with E-state index < -0.39 is 0 Å². The molecule has 50 heavy (non-hydrogen) atoms. The van der Waals surface area contributed by atoms with Crippen molar-refractivity contribution in [1.29, 1.82) is 0 Å². The van der Waals surface area contributed by atoms with E-state index in [1.165, 1.54) is 98.4 Å². The van der Waals surface area contributed by atoms with Crippen molar-refractivity contribution in [2.24, 2.45) is 0 Å². The van der Waals surface area contributed by atoms with Gasteiger partial charge in [0.1, 0.15) is 0 Å². The summed E-state index contributed by atoms with van der Waals surface area (Å²) in [5.74, 6) is 0. The van der Waals surface area contributed by atoms with Crippen LogP contribution < -0.4 is 0 Å². The molecule has 2 nitrogen and oxygen atoms in total. The first-order valence-corrected chi connectivity index (χ1v) is 17.3. The smallest absolute Gasteiger partial charge is 0.0548 e. The first-order valence-electron chi connectivity index (χ1n) is 17.3. The average molecular weight is 635 g/mol. The number of aromatic nitrogens is 2. The molecule has 0 N–H and O–H groups in total. The molecule has 0 fully saturated rings. The number of nitrogens with zero attached hydrogens (tertiary/aromatic N) is 2. The molecule has 2 heterocycles. The summed E-state index contributed by atoms with van der Waals surface area (Å²) in [6.45, 7) is 0. The predicted octanol–water partition coefficient (Wildman–Crippen LogP) is 13.0. The standard InChI is InChI=1S/C48H30N2/c1-2-15-36(16-3-1)49-42-21-11-10-20-40(42)41-29-33(24-25-43(41)49)35-28-34-14-6-7-17-37(34)46(30-35)50-44-26-22-31-12-4-8-18-38(31)47(44)48-39-19-9-5-13-32(39)23-27-45(48)50/h1-30H. The Morgan fingerprint density at radius 2 is 0.820 bits per heavy atom. The van der Waals surface area contributed by atoms with E-state index in [1.54, 1.807) is 0 Å². The van der Waals surface area contributed by atoms with Crippen LogP contribution in [0.3, 0.4) is 0 Å². The lowest BCUT2D eigenvalue weighted by Gasteiger charge is -2.15.